The van der Waals surface area contributed by atoms with Gasteiger partial charge in [-0.2, -0.15) is 0 Å². The van der Waals surface area contributed by atoms with Crippen molar-refractivity contribution in [3.05, 3.63) is 0 Å². The average molecular weight is 185 g/mol. The molecular weight excluding hydrogens is 178 g/mol. The summed E-state index contributed by atoms with van der Waals surface area (Å²) in [6.45, 7) is 0. The second kappa shape index (κ2) is 9.68. The fourth-order valence-electron chi connectivity index (χ4n) is 0. The van der Waals surface area contributed by atoms with E-state index < -0.39 is 14.5 Å². The maximum absolute atomic E-state index is 8.76. The SMILES string of the molecule is O=[Se](O)O.[H-].[Na+].[SiH4]. The van der Waals surface area contributed by atoms with Gasteiger partial charge in [0.25, 0.3) is 0 Å². The number of rotatable bonds is 0. The Morgan fingerprint density at radius 2 is 1.50 bits per heavy atom. The summed E-state index contributed by atoms with van der Waals surface area (Å²) in [5.74, 6) is 0. The Bertz CT molecular complexity index is 37.9. The summed E-state index contributed by atoms with van der Waals surface area (Å²) in [7, 11) is 0. The fourth-order valence-corrected chi connectivity index (χ4v) is 0. The largest absolute Gasteiger partial charge is 1.00 e. The first-order valence-corrected chi connectivity index (χ1v) is 2.76. The molecule has 0 saturated heterocycles. The Labute approximate surface area is 68.3 Å². The maximum atomic E-state index is 8.76. The van der Waals surface area contributed by atoms with Gasteiger partial charge in [-0.15, -0.1) is 0 Å². The predicted molar refractivity (Wildman–Crippen MR) is 23.3 cm³/mol. The molecule has 0 aliphatic carbocycles. The van der Waals surface area contributed by atoms with Crippen LogP contribution in [0.3, 0.4) is 0 Å². The van der Waals surface area contributed by atoms with Crippen molar-refractivity contribution in [3.63, 3.8) is 0 Å². The molecule has 3 nitrogen and oxygen atoms in total. The molecule has 36 valence electrons. The quantitative estimate of drug-likeness (QED) is 0.369. The van der Waals surface area contributed by atoms with Crippen molar-refractivity contribution in [1.29, 1.82) is 0 Å². The summed E-state index contributed by atoms with van der Waals surface area (Å²) in [6.07, 6.45) is 0. The minimum atomic E-state index is -3.29. The van der Waals surface area contributed by atoms with Crippen LogP contribution in [0.5, 0.6) is 0 Å². The summed E-state index contributed by atoms with van der Waals surface area (Å²) in [5.41, 5.74) is 0. The second-order valence-electron chi connectivity index (χ2n) is 0.231. The van der Waals surface area contributed by atoms with E-state index in [1.165, 1.54) is 0 Å². The summed E-state index contributed by atoms with van der Waals surface area (Å²) >= 11 is -3.29. The summed E-state index contributed by atoms with van der Waals surface area (Å²) < 4.78 is 23.1. The minimum absolute atomic E-state index is 0. The first-order chi connectivity index (χ1) is 1.73. The van der Waals surface area contributed by atoms with Gasteiger partial charge in [0.15, 0.2) is 0 Å². The normalized spacial score (nSPS) is 5.83. The molecule has 0 aromatic rings. The molecule has 0 bridgehead atoms. The molecule has 6 heteroatoms. The van der Waals surface area contributed by atoms with Crippen LogP contribution in [-0.2, 0) is 3.83 Å². The van der Waals surface area contributed by atoms with E-state index in [0.29, 0.717) is 0 Å². The molecule has 0 aromatic heterocycles. The van der Waals surface area contributed by atoms with E-state index >= 15 is 0 Å². The topological polar surface area (TPSA) is 57.5 Å². The number of hydrogen-bond donors (Lipinski definition) is 2. The zero-order valence-electron chi connectivity index (χ0n) is 3.71. The zero-order valence-corrected chi connectivity index (χ0v) is 6.42. The summed E-state index contributed by atoms with van der Waals surface area (Å²) in [4.78, 5) is 0. The van der Waals surface area contributed by atoms with Gasteiger partial charge in [-0.25, -0.2) is 0 Å². The van der Waals surface area contributed by atoms with E-state index in [9.17, 15) is 0 Å². The molecular formula is H7NaO3SeSi. The fraction of sp³-hybridized carbons (Fsp3) is 0. The third-order valence-corrected chi connectivity index (χ3v) is 0. The van der Waals surface area contributed by atoms with E-state index in [1.807, 2.05) is 0 Å². The molecule has 0 heterocycles. The molecule has 0 atom stereocenters. The van der Waals surface area contributed by atoms with E-state index in [2.05, 4.69) is 0 Å². The first kappa shape index (κ1) is 15.7. The van der Waals surface area contributed by atoms with Gasteiger partial charge in [0.2, 0.25) is 0 Å². The molecule has 0 fully saturated rings. The summed E-state index contributed by atoms with van der Waals surface area (Å²) in [5, 5.41) is 0. The Kier molecular flexibility index (Phi) is 25.2. The molecule has 0 unspecified atom stereocenters. The van der Waals surface area contributed by atoms with Crippen LogP contribution in [0.15, 0.2) is 0 Å². The van der Waals surface area contributed by atoms with Crippen molar-refractivity contribution >= 4 is 25.5 Å². The molecule has 0 aliphatic heterocycles. The van der Waals surface area contributed by atoms with Crippen molar-refractivity contribution in [3.8, 4) is 0 Å². The average Bonchev–Trinajstić information content (AvgIpc) is 0.811. The minimum Gasteiger partial charge on any atom is -1.00 e. The smallest absolute Gasteiger partial charge is 1.00 e. The van der Waals surface area contributed by atoms with Crippen molar-refractivity contribution in [2.24, 2.45) is 0 Å². The molecule has 0 aromatic carbocycles. The maximum Gasteiger partial charge on any atom is 1.00 e. The molecule has 0 amide bonds. The van der Waals surface area contributed by atoms with Gasteiger partial charge in [0.05, 0.1) is 0 Å². The van der Waals surface area contributed by atoms with Crippen LogP contribution in [0.2, 0.25) is 0 Å². The van der Waals surface area contributed by atoms with E-state index in [0.717, 1.165) is 0 Å². The Morgan fingerprint density at radius 1 is 1.50 bits per heavy atom. The van der Waals surface area contributed by atoms with Crippen LogP contribution in [-0.4, -0.2) is 33.8 Å². The second-order valence-corrected chi connectivity index (χ2v) is 1.20. The van der Waals surface area contributed by atoms with E-state index in [4.69, 9.17) is 12.2 Å². The van der Waals surface area contributed by atoms with Crippen LogP contribution >= 0.6 is 0 Å². The monoisotopic (exact) mass is 186 g/mol. The van der Waals surface area contributed by atoms with Crippen molar-refractivity contribution < 1.29 is 43.2 Å². The predicted octanol–water partition coefficient (Wildman–Crippen LogP) is -5.95. The number of hydrogen-bond acceptors (Lipinski definition) is 1. The van der Waals surface area contributed by atoms with Gasteiger partial charge < -0.3 is 1.43 Å². The molecule has 0 saturated carbocycles. The van der Waals surface area contributed by atoms with Crippen LogP contribution in [0, 0.1) is 0 Å². The third kappa shape index (κ3) is 51.1. The van der Waals surface area contributed by atoms with Gasteiger partial charge in [0.1, 0.15) is 0 Å². The molecule has 0 aliphatic rings. The molecule has 0 rings (SSSR count). The van der Waals surface area contributed by atoms with Crippen LogP contribution in [0.25, 0.3) is 0 Å². The van der Waals surface area contributed by atoms with Gasteiger partial charge in [-0.1, -0.05) is 0 Å². The third-order valence-electron chi connectivity index (χ3n) is 0. The van der Waals surface area contributed by atoms with E-state index in [1.54, 1.807) is 0 Å². The summed E-state index contributed by atoms with van der Waals surface area (Å²) in [6, 6.07) is 0. The van der Waals surface area contributed by atoms with Crippen molar-refractivity contribution in [2.75, 3.05) is 0 Å². The van der Waals surface area contributed by atoms with Crippen molar-refractivity contribution in [1.82, 2.24) is 0 Å². The zero-order chi connectivity index (χ0) is 3.58. The van der Waals surface area contributed by atoms with Crippen molar-refractivity contribution in [2.45, 2.75) is 0 Å². The van der Waals surface area contributed by atoms with Gasteiger partial charge in [-0.05, 0) is 11.0 Å². The van der Waals surface area contributed by atoms with Gasteiger partial charge >= 0.3 is 56.3 Å². The Balaban J connectivity index is -0.0000000150. The van der Waals surface area contributed by atoms with Crippen LogP contribution < -0.4 is 29.6 Å². The molecule has 2 N–H and O–H groups in total. The first-order valence-electron chi connectivity index (χ1n) is 0.532. The standard InChI is InChI=1S/Na.H2O3Se.H4Si.H/c;1-4(2)3;;/h;(H2,1,2,3);1H4;/q+1;;;-1. The molecule has 0 radical (unpaired) electrons. The van der Waals surface area contributed by atoms with Crippen LogP contribution in [0.4, 0.5) is 0 Å². The van der Waals surface area contributed by atoms with Gasteiger partial charge in [0, 0.05) is 0 Å². The van der Waals surface area contributed by atoms with E-state index in [-0.39, 0.29) is 41.9 Å². The van der Waals surface area contributed by atoms with Crippen LogP contribution in [0.1, 0.15) is 1.43 Å². The molecule has 0 spiro atoms. The van der Waals surface area contributed by atoms with Gasteiger partial charge in [-0.3, -0.25) is 0 Å². The molecule has 6 heavy (non-hydrogen) atoms. The Morgan fingerprint density at radius 3 is 1.50 bits per heavy atom. The Hall–Kier alpha value is 1.46.